The number of ether oxygens (including phenoxy) is 2. The van der Waals surface area contributed by atoms with Crippen LogP contribution in [-0.2, 0) is 11.2 Å². The standard InChI is InChI=1S/C22H28N4O4/c1-14-17(15(2)25-24-14)6-7-20(27)26-10-8-22(9-11-26)13-23-21(28)18-5-4-16(29-3)12-19(18)30-22/h4-5,12H,6-11,13H2,1-3H3,(H,23,28)(H,24,25). The Labute approximate surface area is 175 Å². The number of carbonyl (C=O) groups is 2. The molecule has 2 amide bonds. The summed E-state index contributed by atoms with van der Waals surface area (Å²) >= 11 is 0. The Morgan fingerprint density at radius 3 is 2.73 bits per heavy atom. The summed E-state index contributed by atoms with van der Waals surface area (Å²) in [6, 6.07) is 5.24. The van der Waals surface area contributed by atoms with Gasteiger partial charge in [0.15, 0.2) is 0 Å². The molecule has 1 saturated heterocycles. The van der Waals surface area contributed by atoms with Crippen LogP contribution in [-0.4, -0.2) is 59.3 Å². The molecular weight excluding hydrogens is 384 g/mol. The highest BCUT2D eigenvalue weighted by atomic mass is 16.5. The molecule has 1 aromatic heterocycles. The van der Waals surface area contributed by atoms with Crippen molar-refractivity contribution in [2.24, 2.45) is 0 Å². The summed E-state index contributed by atoms with van der Waals surface area (Å²) in [6.45, 7) is 5.58. The first-order valence-corrected chi connectivity index (χ1v) is 10.3. The SMILES string of the molecule is COc1ccc2c(c1)OC1(CCN(C(=O)CCc3c(C)n[nH]c3C)CC1)CNC2=O. The Morgan fingerprint density at radius 2 is 2.07 bits per heavy atom. The molecule has 0 unspecified atom stereocenters. The van der Waals surface area contributed by atoms with Gasteiger partial charge in [0, 0.05) is 44.1 Å². The van der Waals surface area contributed by atoms with E-state index in [4.69, 9.17) is 9.47 Å². The van der Waals surface area contributed by atoms with E-state index in [1.54, 1.807) is 25.3 Å². The normalized spacial score (nSPS) is 17.7. The summed E-state index contributed by atoms with van der Waals surface area (Å²) < 4.78 is 11.6. The van der Waals surface area contributed by atoms with Crippen LogP contribution < -0.4 is 14.8 Å². The lowest BCUT2D eigenvalue weighted by Crippen LogP contribution is -2.54. The van der Waals surface area contributed by atoms with Crippen LogP contribution in [0.2, 0.25) is 0 Å². The number of methoxy groups -OCH3 is 1. The molecular formula is C22H28N4O4. The average Bonchev–Trinajstić information content (AvgIpc) is 3.00. The summed E-state index contributed by atoms with van der Waals surface area (Å²) in [5, 5.41) is 10.1. The van der Waals surface area contributed by atoms with E-state index in [0.29, 0.717) is 62.4 Å². The molecule has 1 aromatic carbocycles. The van der Waals surface area contributed by atoms with Gasteiger partial charge in [0.25, 0.3) is 5.91 Å². The molecule has 2 aliphatic rings. The fourth-order valence-corrected chi connectivity index (χ4v) is 4.28. The van der Waals surface area contributed by atoms with Crippen molar-refractivity contribution in [1.29, 1.82) is 0 Å². The van der Waals surface area contributed by atoms with Crippen molar-refractivity contribution < 1.29 is 19.1 Å². The van der Waals surface area contributed by atoms with Gasteiger partial charge < -0.3 is 19.7 Å². The number of H-pyrrole nitrogens is 1. The van der Waals surface area contributed by atoms with Crippen molar-refractivity contribution in [3.05, 3.63) is 40.7 Å². The number of fused-ring (bicyclic) bond motifs is 1. The zero-order valence-electron chi connectivity index (χ0n) is 17.7. The van der Waals surface area contributed by atoms with Crippen LogP contribution in [0.25, 0.3) is 0 Å². The van der Waals surface area contributed by atoms with Gasteiger partial charge in [0.1, 0.15) is 17.1 Å². The molecule has 3 heterocycles. The van der Waals surface area contributed by atoms with E-state index in [1.165, 1.54) is 0 Å². The average molecular weight is 412 g/mol. The van der Waals surface area contributed by atoms with Crippen molar-refractivity contribution in [2.45, 2.75) is 45.1 Å². The molecule has 1 fully saturated rings. The van der Waals surface area contributed by atoms with Gasteiger partial charge in [-0.25, -0.2) is 0 Å². The number of nitrogens with one attached hydrogen (secondary N) is 2. The van der Waals surface area contributed by atoms with Crippen LogP contribution in [0.1, 0.15) is 46.6 Å². The number of aromatic nitrogens is 2. The summed E-state index contributed by atoms with van der Waals surface area (Å²) in [4.78, 5) is 27.1. The molecule has 1 spiro atoms. The molecule has 2 N–H and O–H groups in total. The fourth-order valence-electron chi connectivity index (χ4n) is 4.28. The second kappa shape index (κ2) is 8.01. The molecule has 8 heteroatoms. The maximum Gasteiger partial charge on any atom is 0.255 e. The van der Waals surface area contributed by atoms with Crippen molar-refractivity contribution in [3.8, 4) is 11.5 Å². The molecule has 0 aliphatic carbocycles. The third-order valence-corrected chi connectivity index (χ3v) is 6.23. The van der Waals surface area contributed by atoms with Gasteiger partial charge in [-0.3, -0.25) is 14.7 Å². The molecule has 0 saturated carbocycles. The first kappa shape index (κ1) is 20.3. The van der Waals surface area contributed by atoms with Crippen LogP contribution in [0, 0.1) is 13.8 Å². The topological polar surface area (TPSA) is 96.6 Å². The number of hydrogen-bond donors (Lipinski definition) is 2. The van der Waals surface area contributed by atoms with E-state index in [2.05, 4.69) is 15.5 Å². The molecule has 0 radical (unpaired) electrons. The van der Waals surface area contributed by atoms with Crippen LogP contribution in [0.3, 0.4) is 0 Å². The monoisotopic (exact) mass is 412 g/mol. The first-order valence-electron chi connectivity index (χ1n) is 10.3. The van der Waals surface area contributed by atoms with Crippen LogP contribution in [0.4, 0.5) is 0 Å². The minimum Gasteiger partial charge on any atom is -0.497 e. The third-order valence-electron chi connectivity index (χ3n) is 6.23. The summed E-state index contributed by atoms with van der Waals surface area (Å²) in [5.74, 6) is 1.18. The van der Waals surface area contributed by atoms with Gasteiger partial charge in [0.05, 0.1) is 24.9 Å². The van der Waals surface area contributed by atoms with Crippen molar-refractivity contribution in [1.82, 2.24) is 20.4 Å². The lowest BCUT2D eigenvalue weighted by atomic mass is 9.90. The molecule has 2 aliphatic heterocycles. The Kier molecular flexibility index (Phi) is 5.40. The number of carbonyl (C=O) groups excluding carboxylic acids is 2. The van der Waals surface area contributed by atoms with Gasteiger partial charge >= 0.3 is 0 Å². The van der Waals surface area contributed by atoms with Gasteiger partial charge in [-0.2, -0.15) is 5.10 Å². The number of aromatic amines is 1. The number of aryl methyl sites for hydroxylation is 2. The molecule has 0 atom stereocenters. The van der Waals surface area contributed by atoms with E-state index in [1.807, 2.05) is 18.7 Å². The third kappa shape index (κ3) is 3.86. The highest BCUT2D eigenvalue weighted by molar-refractivity contribution is 5.97. The summed E-state index contributed by atoms with van der Waals surface area (Å²) in [7, 11) is 1.59. The summed E-state index contributed by atoms with van der Waals surface area (Å²) in [5.41, 5.74) is 3.10. The molecule has 30 heavy (non-hydrogen) atoms. The van der Waals surface area contributed by atoms with Crippen molar-refractivity contribution in [2.75, 3.05) is 26.7 Å². The minimum atomic E-state index is -0.512. The zero-order valence-corrected chi connectivity index (χ0v) is 17.7. The Morgan fingerprint density at radius 1 is 1.30 bits per heavy atom. The van der Waals surface area contributed by atoms with E-state index >= 15 is 0 Å². The minimum absolute atomic E-state index is 0.143. The predicted octanol–water partition coefficient (Wildman–Crippen LogP) is 2.15. The highest BCUT2D eigenvalue weighted by Crippen LogP contribution is 2.35. The summed E-state index contributed by atoms with van der Waals surface area (Å²) in [6.07, 6.45) is 2.49. The number of piperidine rings is 1. The molecule has 2 aromatic rings. The number of amides is 2. The quantitative estimate of drug-likeness (QED) is 0.802. The number of likely N-dealkylation sites (tertiary alicyclic amines) is 1. The predicted molar refractivity (Wildman–Crippen MR) is 111 cm³/mol. The second-order valence-electron chi connectivity index (χ2n) is 8.12. The lowest BCUT2D eigenvalue weighted by Gasteiger charge is -2.41. The van der Waals surface area contributed by atoms with Gasteiger partial charge in [-0.1, -0.05) is 0 Å². The highest BCUT2D eigenvalue weighted by Gasteiger charge is 2.41. The van der Waals surface area contributed by atoms with Crippen LogP contribution >= 0.6 is 0 Å². The number of benzene rings is 1. The molecule has 4 rings (SSSR count). The number of hydrogen-bond acceptors (Lipinski definition) is 5. The number of rotatable bonds is 4. The largest absolute Gasteiger partial charge is 0.497 e. The van der Waals surface area contributed by atoms with Gasteiger partial charge in [-0.05, 0) is 38.0 Å². The van der Waals surface area contributed by atoms with Crippen molar-refractivity contribution in [3.63, 3.8) is 0 Å². The number of nitrogens with zero attached hydrogens (tertiary/aromatic N) is 2. The van der Waals surface area contributed by atoms with E-state index in [9.17, 15) is 9.59 Å². The van der Waals surface area contributed by atoms with Crippen molar-refractivity contribution >= 4 is 11.8 Å². The lowest BCUT2D eigenvalue weighted by molar-refractivity contribution is -0.134. The Bertz CT molecular complexity index is 941. The first-order chi connectivity index (χ1) is 14.4. The van der Waals surface area contributed by atoms with E-state index < -0.39 is 5.60 Å². The fraction of sp³-hybridized carbons (Fsp3) is 0.500. The maximum absolute atomic E-state index is 12.8. The second-order valence-corrected chi connectivity index (χ2v) is 8.12. The zero-order chi connectivity index (χ0) is 21.3. The van der Waals surface area contributed by atoms with Crippen LogP contribution in [0.15, 0.2) is 18.2 Å². The Balaban J connectivity index is 1.40. The van der Waals surface area contributed by atoms with Gasteiger partial charge in [-0.15, -0.1) is 0 Å². The smallest absolute Gasteiger partial charge is 0.255 e. The van der Waals surface area contributed by atoms with Crippen LogP contribution in [0.5, 0.6) is 11.5 Å². The molecule has 8 nitrogen and oxygen atoms in total. The maximum atomic E-state index is 12.8. The molecule has 0 bridgehead atoms. The van der Waals surface area contributed by atoms with E-state index in [-0.39, 0.29) is 11.8 Å². The molecule has 160 valence electrons. The van der Waals surface area contributed by atoms with Gasteiger partial charge in [0.2, 0.25) is 5.91 Å². The Hall–Kier alpha value is -3.03. The van der Waals surface area contributed by atoms with E-state index in [0.717, 1.165) is 17.0 Å².